The lowest BCUT2D eigenvalue weighted by atomic mass is 10.8. The van der Waals surface area contributed by atoms with Crippen LogP contribution in [0.25, 0.3) is 0 Å². The van der Waals surface area contributed by atoms with E-state index in [9.17, 15) is 4.57 Å². The Morgan fingerprint density at radius 3 is 1.92 bits per heavy atom. The Hall–Kier alpha value is 0.810. The molecule has 0 rings (SSSR count). The highest BCUT2D eigenvalue weighted by atomic mass is 32.2. The quantitative estimate of drug-likeness (QED) is 0.553. The van der Waals surface area contributed by atoms with Crippen molar-refractivity contribution in [2.24, 2.45) is 0 Å². The van der Waals surface area contributed by atoms with E-state index in [1.807, 2.05) is 13.8 Å². The molecular formula is C6H15O4PS2. The van der Waals surface area contributed by atoms with Gasteiger partial charge in [0.2, 0.25) is 0 Å². The summed E-state index contributed by atoms with van der Waals surface area (Å²) in [5, 5.41) is 0. The first-order chi connectivity index (χ1) is 5.83. The van der Waals surface area contributed by atoms with Gasteiger partial charge in [0, 0.05) is 0 Å². The van der Waals surface area contributed by atoms with E-state index in [0.717, 1.165) is 11.5 Å². The van der Waals surface area contributed by atoms with Gasteiger partial charge in [0.05, 0.1) is 0 Å². The Labute approximate surface area is 87.1 Å². The zero-order valence-corrected chi connectivity index (χ0v) is 10.4. The Kier molecular flexibility index (Phi) is 5.98. The van der Waals surface area contributed by atoms with Crippen LogP contribution < -0.4 is 0 Å². The van der Waals surface area contributed by atoms with Crippen LogP contribution in [0.15, 0.2) is 0 Å². The molecular weight excluding hydrogens is 231 g/mol. The maximum Gasteiger partial charge on any atom is 0.471 e. The molecule has 0 aromatic rings. The van der Waals surface area contributed by atoms with Crippen LogP contribution >= 0.6 is 31.3 Å². The van der Waals surface area contributed by atoms with Crippen LogP contribution in [0.2, 0.25) is 0 Å². The van der Waals surface area contributed by atoms with Gasteiger partial charge in [-0.15, -0.1) is 23.5 Å². The summed E-state index contributed by atoms with van der Waals surface area (Å²) in [7, 11) is -4.39. The molecule has 4 nitrogen and oxygen atoms in total. The maximum atomic E-state index is 10.6. The van der Waals surface area contributed by atoms with Gasteiger partial charge in [0.1, 0.15) is 0 Å². The second kappa shape index (κ2) is 5.63. The number of thioether (sulfide) groups is 2. The smallest absolute Gasteiger partial charge is 0.303 e. The molecule has 0 unspecified atom stereocenters. The number of phosphoric ester groups is 1. The number of hydrogen-bond donors (Lipinski definition) is 2. The van der Waals surface area contributed by atoms with E-state index >= 15 is 0 Å². The van der Waals surface area contributed by atoms with Crippen LogP contribution in [0.4, 0.5) is 0 Å². The van der Waals surface area contributed by atoms with Crippen LogP contribution in [-0.2, 0) is 9.09 Å². The molecule has 0 aliphatic heterocycles. The molecule has 0 saturated heterocycles. The fourth-order valence-corrected chi connectivity index (χ4v) is 4.36. The zero-order chi connectivity index (χ0) is 10.5. The summed E-state index contributed by atoms with van der Waals surface area (Å²) in [6.07, 6.45) is 0. The van der Waals surface area contributed by atoms with Crippen molar-refractivity contribution in [1.29, 1.82) is 0 Å². The monoisotopic (exact) mass is 246 g/mol. The van der Waals surface area contributed by atoms with Crippen LogP contribution in [-0.4, -0.2) is 25.6 Å². The standard InChI is InChI=1S/C6H15O4PS2/c1-4-12-6(3,13-5-2)10-11(7,8)9/h4-5H2,1-3H3,(H2,7,8,9). The van der Waals surface area contributed by atoms with Gasteiger partial charge in [-0.3, -0.25) is 4.52 Å². The molecule has 0 saturated carbocycles. The van der Waals surface area contributed by atoms with Gasteiger partial charge in [-0.1, -0.05) is 13.8 Å². The van der Waals surface area contributed by atoms with Crippen molar-refractivity contribution in [2.45, 2.75) is 25.0 Å². The van der Waals surface area contributed by atoms with Crippen molar-refractivity contribution < 1.29 is 18.9 Å². The summed E-state index contributed by atoms with van der Waals surface area (Å²) in [5.74, 6) is 1.51. The summed E-state index contributed by atoms with van der Waals surface area (Å²) < 4.78 is 14.5. The first-order valence-corrected chi connectivity index (χ1v) is 7.37. The van der Waals surface area contributed by atoms with Crippen molar-refractivity contribution in [2.75, 3.05) is 11.5 Å². The predicted molar refractivity (Wildman–Crippen MR) is 57.8 cm³/mol. The lowest BCUT2D eigenvalue weighted by Crippen LogP contribution is -2.19. The van der Waals surface area contributed by atoms with E-state index in [1.54, 1.807) is 6.92 Å². The lowest BCUT2D eigenvalue weighted by molar-refractivity contribution is 0.175. The summed E-state index contributed by atoms with van der Waals surface area (Å²) in [6, 6.07) is 0. The van der Waals surface area contributed by atoms with Gasteiger partial charge >= 0.3 is 7.82 Å². The molecule has 0 atom stereocenters. The van der Waals surface area contributed by atoms with Crippen molar-refractivity contribution in [1.82, 2.24) is 0 Å². The van der Waals surface area contributed by atoms with Crippen molar-refractivity contribution >= 4 is 31.3 Å². The molecule has 0 aliphatic rings. The second-order valence-corrected chi connectivity index (χ2v) is 7.02. The molecule has 0 radical (unpaired) electrons. The fourth-order valence-electron chi connectivity index (χ4n) is 0.835. The van der Waals surface area contributed by atoms with Gasteiger partial charge in [-0.05, 0) is 18.4 Å². The molecule has 13 heavy (non-hydrogen) atoms. The highest BCUT2D eigenvalue weighted by molar-refractivity contribution is 8.18. The van der Waals surface area contributed by atoms with Crippen LogP contribution in [0.1, 0.15) is 20.8 Å². The molecule has 2 N–H and O–H groups in total. The normalized spacial score (nSPS) is 13.3. The molecule has 0 spiro atoms. The fraction of sp³-hybridized carbons (Fsp3) is 1.00. The third-order valence-corrected chi connectivity index (χ3v) is 4.45. The molecule has 0 bridgehead atoms. The zero-order valence-electron chi connectivity index (χ0n) is 7.89. The predicted octanol–water partition coefficient (Wildman–Crippen LogP) is 2.28. The topological polar surface area (TPSA) is 66.8 Å². The summed E-state index contributed by atoms with van der Waals surface area (Å²) in [6.45, 7) is 5.51. The molecule has 0 aromatic carbocycles. The van der Waals surface area contributed by atoms with Gasteiger partial charge in [-0.2, -0.15) is 0 Å². The average molecular weight is 246 g/mol. The lowest BCUT2D eigenvalue weighted by Gasteiger charge is -2.27. The Morgan fingerprint density at radius 1 is 1.31 bits per heavy atom. The number of hydrogen-bond acceptors (Lipinski definition) is 4. The van der Waals surface area contributed by atoms with Gasteiger partial charge in [0.25, 0.3) is 0 Å². The first kappa shape index (κ1) is 13.8. The first-order valence-electron chi connectivity index (χ1n) is 3.87. The minimum absolute atomic E-state index is 0.753. The molecule has 80 valence electrons. The SMILES string of the molecule is CCSC(C)(OP(=O)(O)O)SCC. The van der Waals surface area contributed by atoms with Crippen LogP contribution in [0, 0.1) is 0 Å². The Morgan fingerprint density at radius 2 is 1.69 bits per heavy atom. The number of phosphoric acid groups is 1. The molecule has 7 heteroatoms. The van der Waals surface area contributed by atoms with E-state index < -0.39 is 12.1 Å². The van der Waals surface area contributed by atoms with Crippen LogP contribution in [0.5, 0.6) is 0 Å². The summed E-state index contributed by atoms with van der Waals surface area (Å²) in [5.41, 5.74) is 0. The van der Waals surface area contributed by atoms with E-state index in [0.29, 0.717) is 0 Å². The molecule has 0 aliphatic carbocycles. The van der Waals surface area contributed by atoms with E-state index in [4.69, 9.17) is 14.3 Å². The van der Waals surface area contributed by atoms with Crippen LogP contribution in [0.3, 0.4) is 0 Å². The van der Waals surface area contributed by atoms with Crippen molar-refractivity contribution in [3.05, 3.63) is 0 Å². The highest BCUT2D eigenvalue weighted by Crippen LogP contribution is 2.50. The summed E-state index contributed by atoms with van der Waals surface area (Å²) >= 11 is 2.76. The van der Waals surface area contributed by atoms with Crippen molar-refractivity contribution in [3.8, 4) is 0 Å². The Bertz CT molecular complexity index is 187. The van der Waals surface area contributed by atoms with Gasteiger partial charge < -0.3 is 9.79 Å². The molecule has 0 fully saturated rings. The van der Waals surface area contributed by atoms with E-state index in [-0.39, 0.29) is 0 Å². The molecule has 0 aromatic heterocycles. The van der Waals surface area contributed by atoms with E-state index in [2.05, 4.69) is 0 Å². The van der Waals surface area contributed by atoms with Crippen molar-refractivity contribution in [3.63, 3.8) is 0 Å². The third-order valence-electron chi connectivity index (χ3n) is 1.10. The minimum Gasteiger partial charge on any atom is -0.303 e. The second-order valence-electron chi connectivity index (χ2n) is 2.31. The highest BCUT2D eigenvalue weighted by Gasteiger charge is 2.33. The maximum absolute atomic E-state index is 10.6. The molecule has 0 heterocycles. The number of rotatable bonds is 6. The average Bonchev–Trinajstić information content (AvgIpc) is 1.82. The largest absolute Gasteiger partial charge is 0.471 e. The third kappa shape index (κ3) is 6.82. The molecule has 0 amide bonds. The Balaban J connectivity index is 4.31. The summed E-state index contributed by atoms with van der Waals surface area (Å²) in [4.78, 5) is 17.3. The minimum atomic E-state index is -4.39. The van der Waals surface area contributed by atoms with E-state index in [1.165, 1.54) is 23.5 Å². The van der Waals surface area contributed by atoms with Gasteiger partial charge in [0.15, 0.2) is 4.27 Å². The van der Waals surface area contributed by atoms with Gasteiger partial charge in [-0.25, -0.2) is 4.57 Å².